The van der Waals surface area contributed by atoms with E-state index in [-0.39, 0.29) is 6.10 Å². The Labute approximate surface area is 126 Å². The molecule has 2 atom stereocenters. The summed E-state index contributed by atoms with van der Waals surface area (Å²) in [6.45, 7) is 4.21. The van der Waals surface area contributed by atoms with Crippen LogP contribution >= 0.6 is 15.9 Å². The fourth-order valence-electron chi connectivity index (χ4n) is 2.60. The summed E-state index contributed by atoms with van der Waals surface area (Å²) in [7, 11) is 0. The van der Waals surface area contributed by atoms with Gasteiger partial charge in [-0.1, -0.05) is 15.9 Å². The molecule has 0 fully saturated rings. The smallest absolute Gasteiger partial charge is 0.143 e. The Bertz CT molecular complexity index is 624. The molecule has 0 spiro atoms. The summed E-state index contributed by atoms with van der Waals surface area (Å²) >= 11 is 3.42. The fourth-order valence-corrected chi connectivity index (χ4v) is 2.97. The van der Waals surface area contributed by atoms with Gasteiger partial charge in [0.25, 0.3) is 0 Å². The van der Waals surface area contributed by atoms with Crippen LogP contribution in [0.5, 0.6) is 5.75 Å². The van der Waals surface area contributed by atoms with Crippen molar-refractivity contribution in [2.75, 3.05) is 0 Å². The number of hydrogen-bond donors (Lipinski definition) is 1. The number of benzene rings is 1. The molecular formula is C15H17BrN2O2. The number of aliphatic hydroxyl groups excluding tert-OH is 1. The standard InChI is InChI=1S/C15H17BrN2O2/c1-9(2)18-8-17-7-12(18)15-6-13(19)11-5-10(16)3-4-14(11)20-15/h3-5,7-9,13,15,19H,6H2,1-2H3/t13-,15?/m1/s1. The monoisotopic (exact) mass is 336 g/mol. The van der Waals surface area contributed by atoms with Gasteiger partial charge in [0.2, 0.25) is 0 Å². The Kier molecular flexibility index (Phi) is 3.56. The molecule has 1 aliphatic rings. The van der Waals surface area contributed by atoms with E-state index in [0.29, 0.717) is 12.5 Å². The number of imidazole rings is 1. The minimum atomic E-state index is -0.517. The number of rotatable bonds is 2. The highest BCUT2D eigenvalue weighted by Gasteiger charge is 2.30. The number of aromatic nitrogens is 2. The maximum absolute atomic E-state index is 10.4. The van der Waals surface area contributed by atoms with Crippen molar-refractivity contribution in [3.8, 4) is 5.75 Å². The van der Waals surface area contributed by atoms with Crippen LogP contribution < -0.4 is 4.74 Å². The molecule has 0 aliphatic carbocycles. The first-order valence-electron chi connectivity index (χ1n) is 6.72. The van der Waals surface area contributed by atoms with E-state index in [1.54, 1.807) is 0 Å². The lowest BCUT2D eigenvalue weighted by Crippen LogP contribution is -2.22. The van der Waals surface area contributed by atoms with Gasteiger partial charge in [-0.3, -0.25) is 0 Å². The van der Waals surface area contributed by atoms with Gasteiger partial charge in [0.15, 0.2) is 0 Å². The van der Waals surface area contributed by atoms with Gasteiger partial charge in [-0.15, -0.1) is 0 Å². The molecule has 1 aromatic heterocycles. The molecule has 0 radical (unpaired) electrons. The predicted molar refractivity (Wildman–Crippen MR) is 79.7 cm³/mol. The number of fused-ring (bicyclic) bond motifs is 1. The molecule has 2 heterocycles. The van der Waals surface area contributed by atoms with Crippen LogP contribution in [0.4, 0.5) is 0 Å². The van der Waals surface area contributed by atoms with Crippen LogP contribution in [0.3, 0.4) is 0 Å². The first-order chi connectivity index (χ1) is 9.56. The van der Waals surface area contributed by atoms with Gasteiger partial charge in [-0.2, -0.15) is 0 Å². The van der Waals surface area contributed by atoms with Crippen LogP contribution in [0.15, 0.2) is 35.2 Å². The third kappa shape index (κ3) is 2.36. The topological polar surface area (TPSA) is 47.3 Å². The van der Waals surface area contributed by atoms with Crippen molar-refractivity contribution in [3.63, 3.8) is 0 Å². The molecule has 4 nitrogen and oxygen atoms in total. The Morgan fingerprint density at radius 3 is 3.00 bits per heavy atom. The molecule has 0 saturated heterocycles. The van der Waals surface area contributed by atoms with Crippen molar-refractivity contribution in [2.45, 2.75) is 38.5 Å². The second kappa shape index (κ2) is 5.22. The molecule has 1 N–H and O–H groups in total. The summed E-state index contributed by atoms with van der Waals surface area (Å²) in [6, 6.07) is 6.05. The van der Waals surface area contributed by atoms with E-state index in [9.17, 15) is 5.11 Å². The zero-order valence-corrected chi connectivity index (χ0v) is 13.0. The average Bonchev–Trinajstić information content (AvgIpc) is 2.89. The van der Waals surface area contributed by atoms with E-state index in [1.807, 2.05) is 30.7 Å². The van der Waals surface area contributed by atoms with Crippen molar-refractivity contribution in [3.05, 3.63) is 46.5 Å². The lowest BCUT2D eigenvalue weighted by molar-refractivity contribution is 0.0613. The Morgan fingerprint density at radius 1 is 1.45 bits per heavy atom. The first-order valence-corrected chi connectivity index (χ1v) is 7.51. The Hall–Kier alpha value is -1.33. The zero-order chi connectivity index (χ0) is 14.3. The molecule has 0 bridgehead atoms. The highest BCUT2D eigenvalue weighted by Crippen LogP contribution is 2.41. The summed E-state index contributed by atoms with van der Waals surface area (Å²) < 4.78 is 9.08. The van der Waals surface area contributed by atoms with E-state index in [1.165, 1.54) is 0 Å². The van der Waals surface area contributed by atoms with Crippen molar-refractivity contribution >= 4 is 15.9 Å². The van der Waals surface area contributed by atoms with Crippen LogP contribution in [0, 0.1) is 0 Å². The minimum Gasteiger partial charge on any atom is -0.484 e. The molecule has 5 heteroatoms. The lowest BCUT2D eigenvalue weighted by atomic mass is 9.97. The Morgan fingerprint density at radius 2 is 2.25 bits per heavy atom. The van der Waals surface area contributed by atoms with Crippen molar-refractivity contribution < 1.29 is 9.84 Å². The van der Waals surface area contributed by atoms with Crippen LogP contribution in [0.25, 0.3) is 0 Å². The summed E-state index contributed by atoms with van der Waals surface area (Å²) in [4.78, 5) is 4.21. The summed E-state index contributed by atoms with van der Waals surface area (Å²) in [5, 5.41) is 10.4. The molecular weight excluding hydrogens is 320 g/mol. The number of hydrogen-bond acceptors (Lipinski definition) is 3. The number of nitrogens with zero attached hydrogens (tertiary/aromatic N) is 2. The molecule has 1 aliphatic heterocycles. The number of ether oxygens (including phenoxy) is 1. The van der Waals surface area contributed by atoms with Gasteiger partial charge in [0.05, 0.1) is 24.3 Å². The van der Waals surface area contributed by atoms with Gasteiger partial charge < -0.3 is 14.4 Å². The van der Waals surface area contributed by atoms with Crippen molar-refractivity contribution in [1.82, 2.24) is 9.55 Å². The molecule has 1 unspecified atom stereocenters. The van der Waals surface area contributed by atoms with Gasteiger partial charge in [0, 0.05) is 22.5 Å². The van der Waals surface area contributed by atoms with Gasteiger partial charge in [-0.05, 0) is 32.0 Å². The molecule has 2 aromatic rings. The van der Waals surface area contributed by atoms with Crippen molar-refractivity contribution in [1.29, 1.82) is 0 Å². The van der Waals surface area contributed by atoms with Gasteiger partial charge >= 0.3 is 0 Å². The first kappa shape index (κ1) is 13.6. The largest absolute Gasteiger partial charge is 0.484 e. The normalized spacial score (nSPS) is 21.6. The van der Waals surface area contributed by atoms with E-state index < -0.39 is 6.10 Å². The molecule has 1 aromatic carbocycles. The molecule has 106 valence electrons. The fraction of sp³-hybridized carbons (Fsp3) is 0.400. The van der Waals surface area contributed by atoms with Crippen LogP contribution in [0.1, 0.15) is 49.8 Å². The van der Waals surface area contributed by atoms with Crippen LogP contribution in [0.2, 0.25) is 0 Å². The quantitative estimate of drug-likeness (QED) is 0.907. The highest BCUT2D eigenvalue weighted by molar-refractivity contribution is 9.10. The molecule has 0 saturated carbocycles. The number of halogens is 1. The third-order valence-electron chi connectivity index (χ3n) is 3.62. The second-order valence-corrected chi connectivity index (χ2v) is 6.28. The maximum atomic E-state index is 10.4. The third-order valence-corrected chi connectivity index (χ3v) is 4.11. The SMILES string of the molecule is CC(C)n1cncc1C1C[C@@H](O)c2cc(Br)ccc2O1. The molecule has 3 rings (SSSR count). The van der Waals surface area contributed by atoms with Crippen molar-refractivity contribution in [2.24, 2.45) is 0 Å². The Balaban J connectivity index is 1.95. The van der Waals surface area contributed by atoms with Crippen LogP contribution in [-0.4, -0.2) is 14.7 Å². The predicted octanol–water partition coefficient (Wildman–Crippen LogP) is 3.78. The van der Waals surface area contributed by atoms with E-state index in [4.69, 9.17) is 4.74 Å². The lowest BCUT2D eigenvalue weighted by Gasteiger charge is -2.30. The van der Waals surface area contributed by atoms with Gasteiger partial charge in [0.1, 0.15) is 11.9 Å². The minimum absolute atomic E-state index is 0.163. The molecule has 0 amide bonds. The van der Waals surface area contributed by atoms with E-state index >= 15 is 0 Å². The van der Waals surface area contributed by atoms with E-state index in [0.717, 1.165) is 21.5 Å². The zero-order valence-electron chi connectivity index (χ0n) is 11.5. The van der Waals surface area contributed by atoms with Crippen LogP contribution in [-0.2, 0) is 0 Å². The second-order valence-electron chi connectivity index (χ2n) is 5.36. The maximum Gasteiger partial charge on any atom is 0.143 e. The highest BCUT2D eigenvalue weighted by atomic mass is 79.9. The average molecular weight is 337 g/mol. The summed E-state index contributed by atoms with van der Waals surface area (Å²) in [6.07, 6.45) is 3.50. The summed E-state index contributed by atoms with van der Waals surface area (Å²) in [5.41, 5.74) is 1.85. The number of aliphatic hydroxyl groups is 1. The molecule has 20 heavy (non-hydrogen) atoms. The van der Waals surface area contributed by atoms with Gasteiger partial charge in [-0.25, -0.2) is 4.98 Å². The summed E-state index contributed by atoms with van der Waals surface area (Å²) in [5.74, 6) is 0.744. The van der Waals surface area contributed by atoms with E-state index in [2.05, 4.69) is 39.3 Å².